The molecule has 0 aliphatic rings. The Bertz CT molecular complexity index is 935. The van der Waals surface area contributed by atoms with E-state index < -0.39 is 6.09 Å². The topological polar surface area (TPSA) is 65.6 Å². The number of aromatic nitrogens is 2. The van der Waals surface area contributed by atoms with Crippen molar-refractivity contribution >= 4 is 34.2 Å². The molecule has 23 heavy (non-hydrogen) atoms. The van der Waals surface area contributed by atoms with Crippen LogP contribution in [0.2, 0.25) is 0 Å². The smallest absolute Gasteiger partial charge is 0.436 e. The predicted molar refractivity (Wildman–Crippen MR) is 87.5 cm³/mol. The number of methoxy groups -OCH3 is 1. The number of para-hydroxylation sites is 2. The molecule has 0 bridgehead atoms. The molecule has 0 spiro atoms. The van der Waals surface area contributed by atoms with Crippen molar-refractivity contribution < 1.29 is 14.3 Å². The average Bonchev–Trinajstić information content (AvgIpc) is 3.18. The number of hydrogen-bond acceptors (Lipinski definition) is 4. The monoisotopic (exact) mass is 329 g/mol. The molecule has 0 saturated carbocycles. The summed E-state index contributed by atoms with van der Waals surface area (Å²) in [5.74, 6) is -0.0253. The number of amides is 1. The molecule has 0 unspecified atom stereocenters. The maximum absolute atomic E-state index is 12.5. The second kappa shape index (κ2) is 6.21. The van der Waals surface area contributed by atoms with Gasteiger partial charge in [0.25, 0.3) is 0 Å². The van der Waals surface area contributed by atoms with Crippen molar-refractivity contribution in [3.8, 4) is 0 Å². The summed E-state index contributed by atoms with van der Waals surface area (Å²) in [4.78, 5) is 28.7. The number of hydrogen-bond donors (Lipinski definition) is 0. The van der Waals surface area contributed by atoms with Crippen molar-refractivity contribution in [2.75, 3.05) is 7.11 Å². The third-order valence-electron chi connectivity index (χ3n) is 3.54. The minimum atomic E-state index is -0.701. The lowest BCUT2D eigenvalue weighted by atomic mass is 10.3. The summed E-state index contributed by atoms with van der Waals surface area (Å²) in [7, 11) is 3.08. The number of aryl methyl sites for hydroxylation is 1. The van der Waals surface area contributed by atoms with Crippen molar-refractivity contribution in [3.63, 3.8) is 0 Å². The largest absolute Gasteiger partial charge is 0.451 e. The van der Waals surface area contributed by atoms with Crippen LogP contribution in [0.3, 0.4) is 0 Å². The number of thiophene rings is 1. The van der Waals surface area contributed by atoms with E-state index >= 15 is 0 Å². The van der Waals surface area contributed by atoms with Crippen molar-refractivity contribution in [1.29, 1.82) is 0 Å². The predicted octanol–water partition coefficient (Wildman–Crippen LogP) is 2.59. The van der Waals surface area contributed by atoms with Crippen LogP contribution in [0.5, 0.6) is 0 Å². The summed E-state index contributed by atoms with van der Waals surface area (Å²) >= 11 is 1.39. The second-order valence-electron chi connectivity index (χ2n) is 4.92. The van der Waals surface area contributed by atoms with E-state index in [0.717, 1.165) is 11.0 Å². The number of fused-ring (bicyclic) bond motifs is 1. The molecule has 0 N–H and O–H groups in total. The Morgan fingerprint density at radius 1 is 1.17 bits per heavy atom. The van der Waals surface area contributed by atoms with Crippen LogP contribution in [0, 0.1) is 0 Å². The first kappa shape index (κ1) is 15.2. The Morgan fingerprint density at radius 2 is 1.91 bits per heavy atom. The molecular weight excluding hydrogens is 314 g/mol. The van der Waals surface area contributed by atoms with E-state index in [1.165, 1.54) is 18.4 Å². The van der Waals surface area contributed by atoms with Crippen LogP contribution in [0.15, 0.2) is 46.8 Å². The van der Waals surface area contributed by atoms with Gasteiger partial charge in [-0.3, -0.25) is 4.79 Å². The highest BCUT2D eigenvalue weighted by Crippen LogP contribution is 2.15. The van der Waals surface area contributed by atoms with Crippen LogP contribution in [-0.4, -0.2) is 28.1 Å². The van der Waals surface area contributed by atoms with E-state index in [-0.39, 0.29) is 12.3 Å². The Hall–Kier alpha value is -2.67. The number of ether oxygens (including phenoxy) is 1. The number of carbonyl (C=O) groups is 2. The third-order valence-corrected chi connectivity index (χ3v) is 4.45. The fraction of sp³-hybridized carbons (Fsp3) is 0.188. The number of carbonyl (C=O) groups excluding carboxylic acids is 2. The highest BCUT2D eigenvalue weighted by molar-refractivity contribution is 7.12. The van der Waals surface area contributed by atoms with Gasteiger partial charge in [-0.2, -0.15) is 0 Å². The Kier molecular flexibility index (Phi) is 4.12. The molecule has 3 rings (SSSR count). The number of ketones is 1. The standard InChI is InChI=1S/C16H15N3O3S/c1-18-11-6-3-4-7-12(11)19(15(18)17-16(21)22-2)10-13(20)14-8-5-9-23-14/h3-9H,10H2,1-2H3/b17-15+. The lowest BCUT2D eigenvalue weighted by Gasteiger charge is -2.03. The van der Waals surface area contributed by atoms with Gasteiger partial charge in [0.1, 0.15) is 0 Å². The zero-order valence-electron chi connectivity index (χ0n) is 12.7. The Balaban J connectivity index is 2.17. The van der Waals surface area contributed by atoms with Gasteiger partial charge in [0, 0.05) is 7.05 Å². The van der Waals surface area contributed by atoms with Crippen LogP contribution in [0.25, 0.3) is 11.0 Å². The number of nitrogens with zero attached hydrogens (tertiary/aromatic N) is 3. The molecule has 6 nitrogen and oxygen atoms in total. The van der Waals surface area contributed by atoms with Gasteiger partial charge in [-0.1, -0.05) is 18.2 Å². The molecule has 3 aromatic rings. The first-order valence-corrected chi connectivity index (χ1v) is 7.83. The highest BCUT2D eigenvalue weighted by atomic mass is 32.1. The second-order valence-corrected chi connectivity index (χ2v) is 5.86. The Morgan fingerprint density at radius 3 is 2.57 bits per heavy atom. The van der Waals surface area contributed by atoms with Crippen molar-refractivity contribution in [3.05, 3.63) is 52.3 Å². The zero-order chi connectivity index (χ0) is 16.4. The summed E-state index contributed by atoms with van der Waals surface area (Å²) in [5, 5.41) is 1.86. The van der Waals surface area contributed by atoms with E-state index in [2.05, 4.69) is 9.73 Å². The molecule has 118 valence electrons. The minimum Gasteiger partial charge on any atom is -0.451 e. The maximum atomic E-state index is 12.5. The first-order chi connectivity index (χ1) is 11.1. The molecule has 0 aliphatic heterocycles. The van der Waals surface area contributed by atoms with Crippen LogP contribution >= 0.6 is 11.3 Å². The fourth-order valence-electron chi connectivity index (χ4n) is 2.45. The SMILES string of the molecule is COC(=O)/N=c1\n(C)c2ccccc2n1CC(=O)c1cccs1. The molecule has 0 radical (unpaired) electrons. The quantitative estimate of drug-likeness (QED) is 0.694. The van der Waals surface area contributed by atoms with Crippen LogP contribution in [-0.2, 0) is 18.3 Å². The van der Waals surface area contributed by atoms with Gasteiger partial charge in [0.15, 0.2) is 5.78 Å². The molecule has 1 aromatic carbocycles. The molecule has 7 heteroatoms. The van der Waals surface area contributed by atoms with E-state index in [1.54, 1.807) is 22.2 Å². The molecule has 0 saturated heterocycles. The zero-order valence-corrected chi connectivity index (χ0v) is 13.5. The molecule has 2 aromatic heterocycles. The first-order valence-electron chi connectivity index (χ1n) is 6.95. The lowest BCUT2D eigenvalue weighted by Crippen LogP contribution is -2.28. The molecule has 1 amide bonds. The van der Waals surface area contributed by atoms with E-state index in [4.69, 9.17) is 0 Å². The molecular formula is C16H15N3O3S. The van der Waals surface area contributed by atoms with Gasteiger partial charge >= 0.3 is 6.09 Å². The molecule has 2 heterocycles. The summed E-state index contributed by atoms with van der Waals surface area (Å²) in [6, 6.07) is 11.2. The van der Waals surface area contributed by atoms with Gasteiger partial charge < -0.3 is 13.9 Å². The van der Waals surface area contributed by atoms with E-state index in [0.29, 0.717) is 10.5 Å². The summed E-state index contributed by atoms with van der Waals surface area (Å²) < 4.78 is 8.12. The van der Waals surface area contributed by atoms with Gasteiger partial charge in [0.2, 0.25) is 5.62 Å². The molecule has 0 atom stereocenters. The number of Topliss-reactive ketones (excluding diaryl/α,β-unsaturated/α-hetero) is 1. The summed E-state index contributed by atoms with van der Waals surface area (Å²) in [6.45, 7) is 0.109. The summed E-state index contributed by atoms with van der Waals surface area (Å²) in [6.07, 6.45) is -0.701. The number of imidazole rings is 1. The van der Waals surface area contributed by atoms with Crippen molar-refractivity contribution in [2.45, 2.75) is 6.54 Å². The minimum absolute atomic E-state index is 0.0253. The molecule has 0 aliphatic carbocycles. The van der Waals surface area contributed by atoms with Crippen LogP contribution < -0.4 is 5.62 Å². The lowest BCUT2D eigenvalue weighted by molar-refractivity contribution is 0.0975. The normalized spacial score (nSPS) is 11.8. The van der Waals surface area contributed by atoms with Gasteiger partial charge in [-0.25, -0.2) is 4.79 Å². The van der Waals surface area contributed by atoms with Gasteiger partial charge in [0.05, 0.1) is 29.6 Å². The summed E-state index contributed by atoms with van der Waals surface area (Å²) in [5.41, 5.74) is 2.10. The highest BCUT2D eigenvalue weighted by Gasteiger charge is 2.15. The average molecular weight is 329 g/mol. The fourth-order valence-corrected chi connectivity index (χ4v) is 3.11. The van der Waals surface area contributed by atoms with Gasteiger partial charge in [-0.05, 0) is 23.6 Å². The third kappa shape index (κ3) is 2.83. The number of rotatable bonds is 3. The number of benzene rings is 1. The van der Waals surface area contributed by atoms with Gasteiger partial charge in [-0.15, -0.1) is 16.3 Å². The van der Waals surface area contributed by atoms with Crippen molar-refractivity contribution in [1.82, 2.24) is 9.13 Å². The van der Waals surface area contributed by atoms with Crippen LogP contribution in [0.4, 0.5) is 4.79 Å². The van der Waals surface area contributed by atoms with Crippen LogP contribution in [0.1, 0.15) is 9.67 Å². The molecule has 0 fully saturated rings. The van der Waals surface area contributed by atoms with E-state index in [9.17, 15) is 9.59 Å². The van der Waals surface area contributed by atoms with Crippen molar-refractivity contribution in [2.24, 2.45) is 12.0 Å². The Labute approximate surface area is 136 Å². The van der Waals surface area contributed by atoms with E-state index in [1.807, 2.05) is 35.7 Å². The maximum Gasteiger partial charge on any atom is 0.436 e.